The molecule has 3 N–H and O–H groups in total. The Bertz CT molecular complexity index is 208. The maximum atomic E-state index is 11.8. The van der Waals surface area contributed by atoms with Crippen LogP contribution >= 0.6 is 0 Å². The summed E-state index contributed by atoms with van der Waals surface area (Å²) < 4.78 is 0. The van der Waals surface area contributed by atoms with E-state index in [1.54, 1.807) is 4.90 Å². The summed E-state index contributed by atoms with van der Waals surface area (Å²) in [5.41, 5.74) is 5.68. The van der Waals surface area contributed by atoms with Crippen molar-refractivity contribution in [2.24, 2.45) is 5.73 Å². The van der Waals surface area contributed by atoms with Crippen LogP contribution in [0.25, 0.3) is 0 Å². The smallest absolute Gasteiger partial charge is 0.239 e. The van der Waals surface area contributed by atoms with Crippen molar-refractivity contribution in [3.8, 4) is 0 Å². The maximum absolute atomic E-state index is 11.8. The van der Waals surface area contributed by atoms with Crippen LogP contribution in [0.5, 0.6) is 0 Å². The molecule has 0 spiro atoms. The number of hydrogen-bond acceptors (Lipinski definition) is 3. The van der Waals surface area contributed by atoms with Crippen LogP contribution in [-0.2, 0) is 4.79 Å². The molecule has 0 saturated carbocycles. The van der Waals surface area contributed by atoms with Gasteiger partial charge in [0.05, 0.1) is 18.2 Å². The van der Waals surface area contributed by atoms with Crippen molar-refractivity contribution >= 4 is 5.91 Å². The number of nitrogens with zero attached hydrogens (tertiary/aromatic N) is 1. The van der Waals surface area contributed by atoms with Gasteiger partial charge in [-0.1, -0.05) is 6.92 Å². The molecule has 1 aliphatic heterocycles. The van der Waals surface area contributed by atoms with Crippen molar-refractivity contribution in [2.45, 2.75) is 51.3 Å². The number of carbonyl (C=O) groups excluding carboxylic acids is 1. The molecule has 1 aliphatic rings. The number of aliphatic hydroxyl groups is 1. The summed E-state index contributed by atoms with van der Waals surface area (Å²) in [6.45, 7) is 4.50. The van der Waals surface area contributed by atoms with E-state index in [1.807, 2.05) is 13.8 Å². The van der Waals surface area contributed by atoms with E-state index >= 15 is 0 Å². The molecular weight excluding hydrogens is 180 g/mol. The van der Waals surface area contributed by atoms with Crippen LogP contribution in [-0.4, -0.2) is 40.6 Å². The molecule has 82 valence electrons. The highest BCUT2D eigenvalue weighted by atomic mass is 16.3. The lowest BCUT2D eigenvalue weighted by Crippen LogP contribution is -2.54. The summed E-state index contributed by atoms with van der Waals surface area (Å²) >= 11 is 0. The molecule has 1 saturated heterocycles. The highest BCUT2D eigenvalue weighted by Crippen LogP contribution is 2.18. The number of carbonyl (C=O) groups is 1. The number of piperidine rings is 1. The molecule has 3 unspecified atom stereocenters. The molecule has 0 bridgehead atoms. The Balaban J connectivity index is 2.62. The molecule has 0 radical (unpaired) electrons. The molecule has 1 rings (SSSR count). The summed E-state index contributed by atoms with van der Waals surface area (Å²) in [4.78, 5) is 13.5. The fraction of sp³-hybridized carbons (Fsp3) is 0.900. The summed E-state index contributed by atoms with van der Waals surface area (Å²) in [5.74, 6) is -0.0289. The first-order valence-corrected chi connectivity index (χ1v) is 5.32. The highest BCUT2D eigenvalue weighted by molar-refractivity contribution is 5.82. The van der Waals surface area contributed by atoms with Gasteiger partial charge >= 0.3 is 0 Å². The molecule has 1 heterocycles. The molecule has 0 aromatic heterocycles. The van der Waals surface area contributed by atoms with Gasteiger partial charge in [0.2, 0.25) is 5.91 Å². The second-order valence-corrected chi connectivity index (χ2v) is 4.00. The molecule has 14 heavy (non-hydrogen) atoms. The molecule has 0 aromatic rings. The van der Waals surface area contributed by atoms with E-state index in [4.69, 9.17) is 5.73 Å². The van der Waals surface area contributed by atoms with Gasteiger partial charge in [0, 0.05) is 6.54 Å². The molecule has 0 aliphatic carbocycles. The van der Waals surface area contributed by atoms with E-state index in [-0.39, 0.29) is 11.9 Å². The van der Waals surface area contributed by atoms with E-state index in [1.165, 1.54) is 0 Å². The van der Waals surface area contributed by atoms with E-state index in [9.17, 15) is 9.90 Å². The van der Waals surface area contributed by atoms with Crippen LogP contribution in [0.4, 0.5) is 0 Å². The lowest BCUT2D eigenvalue weighted by molar-refractivity contribution is -0.139. The van der Waals surface area contributed by atoms with Crippen LogP contribution in [0.1, 0.15) is 33.1 Å². The predicted molar refractivity (Wildman–Crippen MR) is 54.7 cm³/mol. The molecular formula is C10H20N2O2. The van der Waals surface area contributed by atoms with Crippen LogP contribution in [0.3, 0.4) is 0 Å². The predicted octanol–water partition coefficient (Wildman–Crippen LogP) is 0.0955. The van der Waals surface area contributed by atoms with Crippen LogP contribution < -0.4 is 5.73 Å². The Morgan fingerprint density at radius 1 is 1.71 bits per heavy atom. The average molecular weight is 200 g/mol. The second kappa shape index (κ2) is 4.75. The van der Waals surface area contributed by atoms with Crippen LogP contribution in [0.15, 0.2) is 0 Å². The number of aliphatic hydroxyl groups excluding tert-OH is 1. The average Bonchev–Trinajstić information content (AvgIpc) is 2.20. The summed E-state index contributed by atoms with van der Waals surface area (Å²) in [5, 5.41) is 9.62. The monoisotopic (exact) mass is 200 g/mol. The topological polar surface area (TPSA) is 66.6 Å². The zero-order valence-corrected chi connectivity index (χ0v) is 8.94. The molecule has 1 amide bonds. The SMILES string of the molecule is CCC(N)C(=O)N1CCCC(O)C1C. The number of likely N-dealkylation sites (tertiary alicyclic amines) is 1. The Morgan fingerprint density at radius 2 is 2.36 bits per heavy atom. The lowest BCUT2D eigenvalue weighted by Gasteiger charge is -2.38. The third-order valence-corrected chi connectivity index (χ3v) is 2.99. The number of rotatable bonds is 2. The fourth-order valence-electron chi connectivity index (χ4n) is 1.82. The Kier molecular flexibility index (Phi) is 3.89. The standard InChI is InChI=1S/C10H20N2O2/c1-3-8(11)10(14)12-6-4-5-9(13)7(12)2/h7-9,13H,3-6,11H2,1-2H3. The van der Waals surface area contributed by atoms with Crippen molar-refractivity contribution in [3.63, 3.8) is 0 Å². The summed E-state index contributed by atoms with van der Waals surface area (Å²) in [6, 6.07) is -0.503. The second-order valence-electron chi connectivity index (χ2n) is 4.00. The third-order valence-electron chi connectivity index (χ3n) is 2.99. The minimum atomic E-state index is -0.414. The first-order chi connectivity index (χ1) is 6.57. The number of amides is 1. The van der Waals surface area contributed by atoms with Crippen LogP contribution in [0, 0.1) is 0 Å². The van der Waals surface area contributed by atoms with Gasteiger partial charge in [0.1, 0.15) is 0 Å². The van der Waals surface area contributed by atoms with Gasteiger partial charge in [0.25, 0.3) is 0 Å². The first-order valence-electron chi connectivity index (χ1n) is 5.32. The van der Waals surface area contributed by atoms with Gasteiger partial charge < -0.3 is 15.7 Å². The van der Waals surface area contributed by atoms with Gasteiger partial charge in [0.15, 0.2) is 0 Å². The van der Waals surface area contributed by atoms with Crippen LogP contribution in [0.2, 0.25) is 0 Å². The minimum absolute atomic E-state index is 0.0289. The van der Waals surface area contributed by atoms with E-state index in [0.717, 1.165) is 19.4 Å². The molecule has 0 aromatic carbocycles. The van der Waals surface area contributed by atoms with E-state index < -0.39 is 12.1 Å². The molecule has 4 nitrogen and oxygen atoms in total. The lowest BCUT2D eigenvalue weighted by atomic mass is 9.99. The maximum Gasteiger partial charge on any atom is 0.239 e. The van der Waals surface area contributed by atoms with E-state index in [0.29, 0.717) is 6.42 Å². The minimum Gasteiger partial charge on any atom is -0.391 e. The summed E-state index contributed by atoms with van der Waals surface area (Å²) in [6.07, 6.45) is 1.91. The van der Waals surface area contributed by atoms with Crippen molar-refractivity contribution in [2.75, 3.05) is 6.54 Å². The van der Waals surface area contributed by atoms with Gasteiger partial charge in [-0.2, -0.15) is 0 Å². The van der Waals surface area contributed by atoms with Gasteiger partial charge in [-0.15, -0.1) is 0 Å². The Morgan fingerprint density at radius 3 is 2.93 bits per heavy atom. The zero-order chi connectivity index (χ0) is 10.7. The zero-order valence-electron chi connectivity index (χ0n) is 8.94. The van der Waals surface area contributed by atoms with Crippen molar-refractivity contribution < 1.29 is 9.90 Å². The first kappa shape index (κ1) is 11.5. The van der Waals surface area contributed by atoms with Gasteiger partial charge in [-0.3, -0.25) is 4.79 Å². The molecule has 4 heteroatoms. The van der Waals surface area contributed by atoms with E-state index in [2.05, 4.69) is 0 Å². The van der Waals surface area contributed by atoms with Crippen molar-refractivity contribution in [3.05, 3.63) is 0 Å². The molecule has 1 fully saturated rings. The third kappa shape index (κ3) is 2.25. The van der Waals surface area contributed by atoms with Crippen molar-refractivity contribution in [1.82, 2.24) is 4.90 Å². The number of hydrogen-bond donors (Lipinski definition) is 2. The Hall–Kier alpha value is -0.610. The quantitative estimate of drug-likeness (QED) is 0.664. The summed E-state index contributed by atoms with van der Waals surface area (Å²) in [7, 11) is 0. The van der Waals surface area contributed by atoms with Crippen molar-refractivity contribution in [1.29, 1.82) is 0 Å². The largest absolute Gasteiger partial charge is 0.391 e. The number of nitrogens with two attached hydrogens (primary N) is 1. The molecule has 3 atom stereocenters. The Labute approximate surface area is 85.1 Å². The highest BCUT2D eigenvalue weighted by Gasteiger charge is 2.31. The van der Waals surface area contributed by atoms with Gasteiger partial charge in [-0.25, -0.2) is 0 Å². The fourth-order valence-corrected chi connectivity index (χ4v) is 1.82. The van der Waals surface area contributed by atoms with Gasteiger partial charge in [-0.05, 0) is 26.2 Å². The normalized spacial score (nSPS) is 30.1.